The maximum absolute atomic E-state index is 12.5. The van der Waals surface area contributed by atoms with Crippen molar-refractivity contribution in [2.24, 2.45) is 0 Å². The number of aryl methyl sites for hydroxylation is 2. The van der Waals surface area contributed by atoms with E-state index >= 15 is 0 Å². The molecule has 0 radical (unpaired) electrons. The molecule has 2 aromatic heterocycles. The fourth-order valence-corrected chi connectivity index (χ4v) is 5.14. The van der Waals surface area contributed by atoms with Gasteiger partial charge in [-0.3, -0.25) is 14.6 Å². The molecular formula is C21H26N4OS2. The molecule has 1 fully saturated rings. The molecule has 0 atom stereocenters. The van der Waals surface area contributed by atoms with Crippen LogP contribution in [0, 0.1) is 13.8 Å². The average Bonchev–Trinajstić information content (AvgIpc) is 2.98. The molecular weight excluding hydrogens is 388 g/mol. The summed E-state index contributed by atoms with van der Waals surface area (Å²) in [5.41, 5.74) is 2.42. The van der Waals surface area contributed by atoms with Crippen LogP contribution in [0.25, 0.3) is 10.2 Å². The number of piperazine rings is 1. The van der Waals surface area contributed by atoms with Gasteiger partial charge in [-0.05, 0) is 43.4 Å². The highest BCUT2D eigenvalue weighted by molar-refractivity contribution is 7.98. The monoisotopic (exact) mass is 414 g/mol. The van der Waals surface area contributed by atoms with Gasteiger partial charge in [0.2, 0.25) is 0 Å². The summed E-state index contributed by atoms with van der Waals surface area (Å²) in [6, 6.07) is 8.85. The lowest BCUT2D eigenvalue weighted by Gasteiger charge is -2.34. The standard InChI is InChI=1S/C21H26N4OS2/c1-14-15(2)28-21-19(14)20(26)22-18(23-21)13-25-10-8-24(9-11-25)12-16-4-6-17(27-3)7-5-16/h4-7H,8-13H2,1-3H3,(H,22,23,26). The fourth-order valence-electron chi connectivity index (χ4n) is 3.68. The third-order valence-corrected chi connectivity index (χ3v) is 7.34. The maximum Gasteiger partial charge on any atom is 0.259 e. The molecule has 1 aliphatic heterocycles. The number of rotatable bonds is 5. The van der Waals surface area contributed by atoms with Crippen molar-refractivity contribution < 1.29 is 0 Å². The van der Waals surface area contributed by atoms with Gasteiger partial charge in [0.15, 0.2) is 0 Å². The molecule has 0 bridgehead atoms. The van der Waals surface area contributed by atoms with Gasteiger partial charge in [0, 0.05) is 42.5 Å². The molecule has 4 rings (SSSR count). The van der Waals surface area contributed by atoms with Crippen LogP contribution in [0.1, 0.15) is 21.8 Å². The third kappa shape index (κ3) is 4.17. The van der Waals surface area contributed by atoms with Gasteiger partial charge in [0.1, 0.15) is 10.7 Å². The van der Waals surface area contributed by atoms with E-state index in [9.17, 15) is 4.79 Å². The molecule has 0 saturated carbocycles. The van der Waals surface area contributed by atoms with E-state index in [4.69, 9.17) is 4.98 Å². The van der Waals surface area contributed by atoms with E-state index in [0.717, 1.165) is 54.3 Å². The molecule has 7 heteroatoms. The molecule has 5 nitrogen and oxygen atoms in total. The van der Waals surface area contributed by atoms with Crippen molar-refractivity contribution in [2.45, 2.75) is 31.8 Å². The van der Waals surface area contributed by atoms with Gasteiger partial charge in [-0.25, -0.2) is 4.98 Å². The fraction of sp³-hybridized carbons (Fsp3) is 0.429. The summed E-state index contributed by atoms with van der Waals surface area (Å²) in [6.07, 6.45) is 2.11. The number of benzene rings is 1. The van der Waals surface area contributed by atoms with Crippen LogP contribution in [0.2, 0.25) is 0 Å². The zero-order valence-electron chi connectivity index (χ0n) is 16.6. The van der Waals surface area contributed by atoms with Crippen molar-refractivity contribution >= 4 is 33.3 Å². The molecule has 1 aliphatic rings. The second-order valence-corrected chi connectivity index (χ2v) is 9.46. The molecule has 28 heavy (non-hydrogen) atoms. The smallest absolute Gasteiger partial charge is 0.259 e. The van der Waals surface area contributed by atoms with E-state index in [1.165, 1.54) is 15.3 Å². The van der Waals surface area contributed by atoms with Gasteiger partial charge in [-0.15, -0.1) is 23.1 Å². The summed E-state index contributed by atoms with van der Waals surface area (Å²) in [5, 5.41) is 0.753. The van der Waals surface area contributed by atoms with Crippen molar-refractivity contribution in [2.75, 3.05) is 32.4 Å². The molecule has 0 spiro atoms. The lowest BCUT2D eigenvalue weighted by atomic mass is 10.2. The predicted octanol–water partition coefficient (Wildman–Crippen LogP) is 3.64. The number of thioether (sulfide) groups is 1. The van der Waals surface area contributed by atoms with Crippen molar-refractivity contribution in [3.63, 3.8) is 0 Å². The van der Waals surface area contributed by atoms with E-state index in [-0.39, 0.29) is 5.56 Å². The number of thiophene rings is 1. The minimum Gasteiger partial charge on any atom is -0.309 e. The van der Waals surface area contributed by atoms with Crippen molar-refractivity contribution in [3.05, 3.63) is 56.4 Å². The number of nitrogens with zero attached hydrogens (tertiary/aromatic N) is 3. The molecule has 0 unspecified atom stereocenters. The second kappa shape index (κ2) is 8.37. The van der Waals surface area contributed by atoms with Crippen LogP contribution < -0.4 is 5.56 Å². The SMILES string of the molecule is CSc1ccc(CN2CCN(Cc3nc4sc(C)c(C)c4c(=O)[nH]3)CC2)cc1. The highest BCUT2D eigenvalue weighted by Crippen LogP contribution is 2.25. The topological polar surface area (TPSA) is 52.2 Å². The Balaban J connectivity index is 1.36. The Morgan fingerprint density at radius 3 is 2.36 bits per heavy atom. The summed E-state index contributed by atoms with van der Waals surface area (Å²) in [4.78, 5) is 28.4. The lowest BCUT2D eigenvalue weighted by molar-refractivity contribution is 0.120. The molecule has 148 valence electrons. The van der Waals surface area contributed by atoms with Crippen LogP contribution in [0.4, 0.5) is 0 Å². The van der Waals surface area contributed by atoms with Gasteiger partial charge in [0.05, 0.1) is 11.9 Å². The first-order valence-corrected chi connectivity index (χ1v) is 11.6. The Labute approximate surface area is 173 Å². The van der Waals surface area contributed by atoms with Crippen molar-refractivity contribution in [1.82, 2.24) is 19.8 Å². The Bertz CT molecular complexity index is 1020. The zero-order chi connectivity index (χ0) is 19.7. The minimum atomic E-state index is -0.00539. The van der Waals surface area contributed by atoms with Crippen molar-refractivity contribution in [3.8, 4) is 0 Å². The zero-order valence-corrected chi connectivity index (χ0v) is 18.3. The normalized spacial score (nSPS) is 16.1. The molecule has 1 N–H and O–H groups in total. The number of fused-ring (bicyclic) bond motifs is 1. The maximum atomic E-state index is 12.5. The van der Waals surface area contributed by atoms with Gasteiger partial charge in [0.25, 0.3) is 5.56 Å². The van der Waals surface area contributed by atoms with E-state index < -0.39 is 0 Å². The van der Waals surface area contributed by atoms with Crippen molar-refractivity contribution in [1.29, 1.82) is 0 Å². The van der Waals surface area contributed by atoms with E-state index in [1.807, 2.05) is 6.92 Å². The van der Waals surface area contributed by atoms with Crippen LogP contribution in [-0.4, -0.2) is 52.2 Å². The summed E-state index contributed by atoms with van der Waals surface area (Å²) in [6.45, 7) is 9.81. The van der Waals surface area contributed by atoms with Crippen LogP contribution in [0.15, 0.2) is 34.0 Å². The summed E-state index contributed by atoms with van der Waals surface area (Å²) in [5.74, 6) is 0.778. The number of aromatic amines is 1. The number of hydrogen-bond acceptors (Lipinski definition) is 6. The third-order valence-electron chi connectivity index (χ3n) is 5.49. The van der Waals surface area contributed by atoms with Crippen LogP contribution >= 0.6 is 23.1 Å². The second-order valence-electron chi connectivity index (χ2n) is 7.38. The van der Waals surface area contributed by atoms with Crippen LogP contribution in [-0.2, 0) is 13.1 Å². The summed E-state index contributed by atoms with van der Waals surface area (Å²) < 4.78 is 0. The number of H-pyrrole nitrogens is 1. The quantitative estimate of drug-likeness (QED) is 0.646. The molecule has 0 amide bonds. The van der Waals surface area contributed by atoms with Gasteiger partial charge >= 0.3 is 0 Å². The highest BCUT2D eigenvalue weighted by atomic mass is 32.2. The lowest BCUT2D eigenvalue weighted by Crippen LogP contribution is -2.45. The van der Waals surface area contributed by atoms with E-state index in [2.05, 4.69) is 52.2 Å². The molecule has 1 saturated heterocycles. The first-order chi connectivity index (χ1) is 13.5. The first-order valence-electron chi connectivity index (χ1n) is 9.60. The van der Waals surface area contributed by atoms with Crippen LogP contribution in [0.5, 0.6) is 0 Å². The molecule has 3 heterocycles. The minimum absolute atomic E-state index is 0.00539. The average molecular weight is 415 g/mol. The Kier molecular flexibility index (Phi) is 5.87. The Hall–Kier alpha value is -1.67. The van der Waals surface area contributed by atoms with Gasteiger partial charge in [-0.2, -0.15) is 0 Å². The Morgan fingerprint density at radius 1 is 1.07 bits per heavy atom. The summed E-state index contributed by atoms with van der Waals surface area (Å²) in [7, 11) is 0. The van der Waals surface area contributed by atoms with E-state index in [1.54, 1.807) is 23.1 Å². The molecule has 0 aliphatic carbocycles. The summed E-state index contributed by atoms with van der Waals surface area (Å²) >= 11 is 3.39. The first kappa shape index (κ1) is 19.6. The van der Waals surface area contributed by atoms with E-state index in [0.29, 0.717) is 6.54 Å². The molecule has 1 aromatic carbocycles. The van der Waals surface area contributed by atoms with Crippen LogP contribution in [0.3, 0.4) is 0 Å². The molecule has 3 aromatic rings. The number of nitrogens with one attached hydrogen (secondary N) is 1. The number of hydrogen-bond donors (Lipinski definition) is 1. The number of aromatic nitrogens is 2. The Morgan fingerprint density at radius 2 is 1.71 bits per heavy atom. The van der Waals surface area contributed by atoms with Gasteiger partial charge in [-0.1, -0.05) is 12.1 Å². The predicted molar refractivity (Wildman–Crippen MR) is 118 cm³/mol. The highest BCUT2D eigenvalue weighted by Gasteiger charge is 2.19. The van der Waals surface area contributed by atoms with Gasteiger partial charge < -0.3 is 4.98 Å². The largest absolute Gasteiger partial charge is 0.309 e.